The van der Waals surface area contributed by atoms with Crippen LogP contribution in [0.15, 0.2) is 18.2 Å². The second kappa shape index (κ2) is 3.81. The van der Waals surface area contributed by atoms with Gasteiger partial charge in [-0.15, -0.1) is 0 Å². The van der Waals surface area contributed by atoms with E-state index in [4.69, 9.17) is 11.0 Å². The van der Waals surface area contributed by atoms with Crippen molar-refractivity contribution in [2.24, 2.45) is 5.73 Å². The molecule has 1 aromatic carbocycles. The van der Waals surface area contributed by atoms with Crippen LogP contribution in [-0.2, 0) is 5.54 Å². The number of nitrogens with zero attached hydrogens (tertiary/aromatic N) is 1. The van der Waals surface area contributed by atoms with Crippen LogP contribution in [0.1, 0.15) is 30.0 Å². The molecule has 0 aliphatic carbocycles. The van der Waals surface area contributed by atoms with Gasteiger partial charge in [-0.25, -0.2) is 0 Å². The fourth-order valence-electron chi connectivity index (χ4n) is 1.97. The second-order valence-electron chi connectivity index (χ2n) is 4.02. The van der Waals surface area contributed by atoms with Crippen molar-refractivity contribution in [1.82, 2.24) is 0 Å². The Hall–Kier alpha value is -1.33. The van der Waals surface area contributed by atoms with E-state index in [2.05, 4.69) is 6.07 Å². The van der Waals surface area contributed by atoms with E-state index >= 15 is 0 Å². The lowest BCUT2D eigenvalue weighted by atomic mass is 9.84. The molecule has 2 nitrogen and oxygen atoms in total. The Bertz CT molecular complexity index is 352. The molecule has 1 aromatic rings. The lowest BCUT2D eigenvalue weighted by Crippen LogP contribution is -2.34. The molecule has 14 heavy (non-hydrogen) atoms. The molecule has 2 N–H and O–H groups in total. The van der Waals surface area contributed by atoms with Gasteiger partial charge in [0.2, 0.25) is 0 Å². The van der Waals surface area contributed by atoms with Crippen LogP contribution in [0.2, 0.25) is 0 Å². The van der Waals surface area contributed by atoms with Crippen LogP contribution < -0.4 is 5.73 Å². The summed E-state index contributed by atoms with van der Waals surface area (Å²) in [5.41, 5.74) is 9.00. The van der Waals surface area contributed by atoms with Gasteiger partial charge in [0.15, 0.2) is 0 Å². The van der Waals surface area contributed by atoms with Gasteiger partial charge in [0.05, 0.1) is 18.0 Å². The van der Waals surface area contributed by atoms with E-state index in [0.717, 1.165) is 16.7 Å². The third-order valence-electron chi connectivity index (χ3n) is 2.50. The van der Waals surface area contributed by atoms with Crippen molar-refractivity contribution in [1.29, 1.82) is 5.26 Å². The van der Waals surface area contributed by atoms with Crippen molar-refractivity contribution in [3.63, 3.8) is 0 Å². The van der Waals surface area contributed by atoms with Crippen molar-refractivity contribution in [3.8, 4) is 6.07 Å². The smallest absolute Gasteiger partial charge is 0.0644 e. The summed E-state index contributed by atoms with van der Waals surface area (Å²) in [7, 11) is 0. The van der Waals surface area contributed by atoms with Gasteiger partial charge in [-0.1, -0.05) is 18.2 Å². The van der Waals surface area contributed by atoms with Crippen molar-refractivity contribution in [2.45, 2.75) is 32.7 Å². The number of hydrogen-bond acceptors (Lipinski definition) is 2. The summed E-state index contributed by atoms with van der Waals surface area (Å²) in [6.07, 6.45) is 0.346. The summed E-state index contributed by atoms with van der Waals surface area (Å²) in [6, 6.07) is 8.21. The van der Waals surface area contributed by atoms with Gasteiger partial charge in [0.25, 0.3) is 0 Å². The Kier molecular flexibility index (Phi) is 2.93. The molecule has 0 aliphatic rings. The lowest BCUT2D eigenvalue weighted by Gasteiger charge is -2.26. The standard InChI is InChI=1S/C12H16N2/c1-9-5-4-6-10(2)11(9)12(3,14)7-8-13/h4-6H,7,14H2,1-3H3/t12-/m1/s1. The summed E-state index contributed by atoms with van der Waals surface area (Å²) < 4.78 is 0. The molecule has 0 saturated heterocycles. The van der Waals surface area contributed by atoms with Crippen LogP contribution in [0.5, 0.6) is 0 Å². The molecule has 0 unspecified atom stereocenters. The maximum atomic E-state index is 8.71. The number of hydrogen-bond donors (Lipinski definition) is 1. The minimum absolute atomic E-state index is 0.346. The average Bonchev–Trinajstić information content (AvgIpc) is 2.02. The Morgan fingerprint density at radius 3 is 2.29 bits per heavy atom. The van der Waals surface area contributed by atoms with Crippen LogP contribution in [0.3, 0.4) is 0 Å². The molecule has 2 heteroatoms. The number of nitrogens with two attached hydrogens (primary N) is 1. The first-order valence-corrected chi connectivity index (χ1v) is 4.71. The van der Waals surface area contributed by atoms with E-state index in [0.29, 0.717) is 6.42 Å². The number of benzene rings is 1. The van der Waals surface area contributed by atoms with Crippen molar-refractivity contribution >= 4 is 0 Å². The van der Waals surface area contributed by atoms with E-state index in [1.165, 1.54) is 0 Å². The Labute approximate surface area is 85.4 Å². The third-order valence-corrected chi connectivity index (χ3v) is 2.50. The first kappa shape index (κ1) is 10.7. The van der Waals surface area contributed by atoms with Gasteiger partial charge >= 0.3 is 0 Å². The maximum absolute atomic E-state index is 8.71. The molecule has 1 atom stereocenters. The van der Waals surface area contributed by atoms with Gasteiger partial charge in [0, 0.05) is 0 Å². The molecular formula is C12H16N2. The zero-order valence-corrected chi connectivity index (χ0v) is 8.96. The van der Waals surface area contributed by atoms with E-state index in [9.17, 15) is 0 Å². The molecule has 0 heterocycles. The fourth-order valence-corrected chi connectivity index (χ4v) is 1.97. The van der Waals surface area contributed by atoms with E-state index in [-0.39, 0.29) is 0 Å². The SMILES string of the molecule is Cc1cccc(C)c1[C@](C)(N)CC#N. The van der Waals surface area contributed by atoms with Gasteiger partial charge in [-0.2, -0.15) is 5.26 Å². The summed E-state index contributed by atoms with van der Waals surface area (Å²) in [5, 5.41) is 8.71. The zero-order chi connectivity index (χ0) is 10.8. The number of aryl methyl sites for hydroxylation is 2. The molecule has 1 rings (SSSR count). The van der Waals surface area contributed by atoms with E-state index in [1.807, 2.05) is 39.0 Å². The van der Waals surface area contributed by atoms with Gasteiger partial charge in [0.1, 0.15) is 0 Å². The van der Waals surface area contributed by atoms with Crippen molar-refractivity contribution < 1.29 is 0 Å². The van der Waals surface area contributed by atoms with Crippen molar-refractivity contribution in [2.75, 3.05) is 0 Å². The first-order chi connectivity index (χ1) is 6.49. The summed E-state index contributed by atoms with van der Waals surface area (Å²) in [6.45, 7) is 5.97. The second-order valence-corrected chi connectivity index (χ2v) is 4.02. The van der Waals surface area contributed by atoms with E-state index < -0.39 is 5.54 Å². The summed E-state index contributed by atoms with van der Waals surface area (Å²) in [5.74, 6) is 0. The minimum Gasteiger partial charge on any atom is -0.321 e. The van der Waals surface area contributed by atoms with Crippen LogP contribution in [0.25, 0.3) is 0 Å². The maximum Gasteiger partial charge on any atom is 0.0644 e. The highest BCUT2D eigenvalue weighted by molar-refractivity contribution is 5.39. The zero-order valence-electron chi connectivity index (χ0n) is 8.96. The van der Waals surface area contributed by atoms with Crippen LogP contribution >= 0.6 is 0 Å². The van der Waals surface area contributed by atoms with Crippen molar-refractivity contribution in [3.05, 3.63) is 34.9 Å². The molecule has 0 fully saturated rings. The van der Waals surface area contributed by atoms with E-state index in [1.54, 1.807) is 0 Å². The Morgan fingerprint density at radius 2 is 1.86 bits per heavy atom. The highest BCUT2D eigenvalue weighted by Gasteiger charge is 2.24. The van der Waals surface area contributed by atoms with Crippen LogP contribution in [0, 0.1) is 25.2 Å². The van der Waals surface area contributed by atoms with Gasteiger partial charge in [-0.3, -0.25) is 0 Å². The molecule has 0 bridgehead atoms. The normalized spacial score (nSPS) is 14.5. The number of nitriles is 1. The highest BCUT2D eigenvalue weighted by atomic mass is 14.7. The molecule has 0 amide bonds. The highest BCUT2D eigenvalue weighted by Crippen LogP contribution is 2.27. The Balaban J connectivity index is 3.25. The molecule has 0 saturated carbocycles. The molecule has 0 aliphatic heterocycles. The summed E-state index contributed by atoms with van der Waals surface area (Å²) in [4.78, 5) is 0. The molecule has 0 aromatic heterocycles. The predicted molar refractivity (Wildman–Crippen MR) is 57.7 cm³/mol. The largest absolute Gasteiger partial charge is 0.321 e. The molecule has 0 spiro atoms. The van der Waals surface area contributed by atoms with Gasteiger partial charge < -0.3 is 5.73 Å². The van der Waals surface area contributed by atoms with Gasteiger partial charge in [-0.05, 0) is 37.5 Å². The molecule has 74 valence electrons. The lowest BCUT2D eigenvalue weighted by molar-refractivity contribution is 0.501. The Morgan fingerprint density at radius 1 is 1.36 bits per heavy atom. The quantitative estimate of drug-likeness (QED) is 0.774. The van der Waals surface area contributed by atoms with Crippen LogP contribution in [-0.4, -0.2) is 0 Å². The topological polar surface area (TPSA) is 49.8 Å². The minimum atomic E-state index is -0.538. The fraction of sp³-hybridized carbons (Fsp3) is 0.417. The molecule has 0 radical (unpaired) electrons. The summed E-state index contributed by atoms with van der Waals surface area (Å²) >= 11 is 0. The predicted octanol–water partition coefficient (Wildman–Crippen LogP) is 2.39. The molecular weight excluding hydrogens is 172 g/mol. The average molecular weight is 188 g/mol. The van der Waals surface area contributed by atoms with Crippen LogP contribution in [0.4, 0.5) is 0 Å². The first-order valence-electron chi connectivity index (χ1n) is 4.71. The third kappa shape index (κ3) is 1.94. The monoisotopic (exact) mass is 188 g/mol. The number of rotatable bonds is 2.